The average Bonchev–Trinajstić information content (AvgIpc) is 3.15. The lowest BCUT2D eigenvalue weighted by Gasteiger charge is -2.39. The standard InChI is InChI=1S/C23H26FN3O2/c24-20-5-3-18(4-6-20)14-22(29)27-13-9-23(17-27)7-11-26(12-8-23)21(28)15-19-2-1-10-25-16-19/h1-6,10,16H,7-9,11-15,17H2. The van der Waals surface area contributed by atoms with Gasteiger partial charge < -0.3 is 9.80 Å². The zero-order valence-corrected chi connectivity index (χ0v) is 16.5. The number of rotatable bonds is 4. The molecule has 1 spiro atoms. The molecule has 29 heavy (non-hydrogen) atoms. The van der Waals surface area contributed by atoms with Gasteiger partial charge >= 0.3 is 0 Å². The third-order valence-corrected chi connectivity index (χ3v) is 6.31. The summed E-state index contributed by atoms with van der Waals surface area (Å²) in [6.45, 7) is 3.03. The Morgan fingerprint density at radius 3 is 2.17 bits per heavy atom. The Morgan fingerprint density at radius 1 is 0.897 bits per heavy atom. The molecule has 3 heterocycles. The number of hydrogen-bond donors (Lipinski definition) is 0. The topological polar surface area (TPSA) is 53.5 Å². The summed E-state index contributed by atoms with van der Waals surface area (Å²) >= 11 is 0. The highest BCUT2D eigenvalue weighted by Gasteiger charge is 2.42. The fourth-order valence-electron chi connectivity index (χ4n) is 4.46. The minimum atomic E-state index is -0.286. The van der Waals surface area contributed by atoms with Crippen molar-refractivity contribution in [2.24, 2.45) is 5.41 Å². The fraction of sp³-hybridized carbons (Fsp3) is 0.435. The molecule has 0 saturated carbocycles. The lowest BCUT2D eigenvalue weighted by Crippen LogP contribution is -2.45. The number of likely N-dealkylation sites (tertiary alicyclic amines) is 2. The largest absolute Gasteiger partial charge is 0.342 e. The van der Waals surface area contributed by atoms with Gasteiger partial charge in [0.25, 0.3) is 0 Å². The molecule has 2 aliphatic rings. The summed E-state index contributed by atoms with van der Waals surface area (Å²) in [7, 11) is 0. The van der Waals surface area contributed by atoms with Crippen molar-refractivity contribution in [3.05, 3.63) is 65.7 Å². The number of aromatic nitrogens is 1. The number of halogens is 1. The third-order valence-electron chi connectivity index (χ3n) is 6.31. The fourth-order valence-corrected chi connectivity index (χ4v) is 4.46. The maximum atomic E-state index is 13.0. The van der Waals surface area contributed by atoms with Crippen molar-refractivity contribution in [2.75, 3.05) is 26.2 Å². The SMILES string of the molecule is O=C(Cc1cccnc1)N1CCC2(CC1)CCN(C(=O)Cc1ccc(F)cc1)C2. The summed E-state index contributed by atoms with van der Waals surface area (Å²) in [6, 6.07) is 9.91. The Bertz CT molecular complexity index is 861. The molecule has 6 heteroatoms. The normalized spacial score (nSPS) is 18.2. The van der Waals surface area contributed by atoms with Crippen LogP contribution < -0.4 is 0 Å². The molecular formula is C23H26FN3O2. The summed E-state index contributed by atoms with van der Waals surface area (Å²) in [6.07, 6.45) is 7.02. The third kappa shape index (κ3) is 4.63. The Hall–Kier alpha value is -2.76. The van der Waals surface area contributed by atoms with Gasteiger partial charge in [-0.3, -0.25) is 14.6 Å². The zero-order valence-electron chi connectivity index (χ0n) is 16.5. The number of hydrogen-bond acceptors (Lipinski definition) is 3. The van der Waals surface area contributed by atoms with Gasteiger partial charge in [-0.2, -0.15) is 0 Å². The van der Waals surface area contributed by atoms with Crippen LogP contribution in [0.4, 0.5) is 4.39 Å². The van der Waals surface area contributed by atoms with Crippen molar-refractivity contribution in [3.8, 4) is 0 Å². The number of pyridine rings is 1. The van der Waals surface area contributed by atoms with Crippen molar-refractivity contribution in [3.63, 3.8) is 0 Å². The Balaban J connectivity index is 1.28. The van der Waals surface area contributed by atoms with Crippen LogP contribution >= 0.6 is 0 Å². The first-order chi connectivity index (χ1) is 14.0. The predicted octanol–water partition coefficient (Wildman–Crippen LogP) is 2.85. The predicted molar refractivity (Wildman–Crippen MR) is 107 cm³/mol. The van der Waals surface area contributed by atoms with Crippen molar-refractivity contribution < 1.29 is 14.0 Å². The summed E-state index contributed by atoms with van der Waals surface area (Å²) in [4.78, 5) is 33.2. The van der Waals surface area contributed by atoms with E-state index in [9.17, 15) is 14.0 Å². The van der Waals surface area contributed by atoms with E-state index >= 15 is 0 Å². The first kappa shape index (κ1) is 19.6. The van der Waals surface area contributed by atoms with Gasteiger partial charge in [0, 0.05) is 38.6 Å². The molecule has 0 radical (unpaired) electrons. The number of benzene rings is 1. The van der Waals surface area contributed by atoms with Crippen LogP contribution in [0.3, 0.4) is 0 Å². The zero-order chi connectivity index (χ0) is 20.3. The molecule has 0 atom stereocenters. The van der Waals surface area contributed by atoms with E-state index in [0.717, 1.165) is 56.6 Å². The summed E-state index contributed by atoms with van der Waals surface area (Å²) in [5.74, 6) is -0.0372. The molecule has 2 fully saturated rings. The minimum absolute atomic E-state index is 0.101. The number of nitrogens with zero attached hydrogens (tertiary/aromatic N) is 3. The lowest BCUT2D eigenvalue weighted by molar-refractivity contribution is -0.134. The van der Waals surface area contributed by atoms with E-state index in [-0.39, 0.29) is 23.0 Å². The highest BCUT2D eigenvalue weighted by molar-refractivity contribution is 5.79. The van der Waals surface area contributed by atoms with E-state index in [1.165, 1.54) is 12.1 Å². The van der Waals surface area contributed by atoms with Crippen LogP contribution in [0.15, 0.2) is 48.8 Å². The monoisotopic (exact) mass is 395 g/mol. The average molecular weight is 395 g/mol. The summed E-state index contributed by atoms with van der Waals surface area (Å²) in [5.41, 5.74) is 1.91. The second-order valence-corrected chi connectivity index (χ2v) is 8.29. The van der Waals surface area contributed by atoms with E-state index in [2.05, 4.69) is 4.98 Å². The molecule has 152 valence electrons. The Morgan fingerprint density at radius 2 is 1.52 bits per heavy atom. The number of piperidine rings is 1. The molecule has 4 rings (SSSR count). The number of amides is 2. The van der Waals surface area contributed by atoms with Crippen LogP contribution in [-0.2, 0) is 22.4 Å². The molecular weight excluding hydrogens is 369 g/mol. The molecule has 0 N–H and O–H groups in total. The molecule has 0 unspecified atom stereocenters. The lowest BCUT2D eigenvalue weighted by atomic mass is 9.77. The molecule has 2 aromatic rings. The summed E-state index contributed by atoms with van der Waals surface area (Å²) < 4.78 is 13.0. The van der Waals surface area contributed by atoms with Crippen molar-refractivity contribution in [1.29, 1.82) is 0 Å². The first-order valence-corrected chi connectivity index (χ1v) is 10.2. The van der Waals surface area contributed by atoms with Crippen LogP contribution in [0.5, 0.6) is 0 Å². The second kappa shape index (κ2) is 8.31. The van der Waals surface area contributed by atoms with E-state index < -0.39 is 0 Å². The van der Waals surface area contributed by atoms with Gasteiger partial charge in [-0.1, -0.05) is 18.2 Å². The van der Waals surface area contributed by atoms with E-state index in [1.54, 1.807) is 24.5 Å². The van der Waals surface area contributed by atoms with Gasteiger partial charge in [-0.25, -0.2) is 4.39 Å². The van der Waals surface area contributed by atoms with E-state index in [0.29, 0.717) is 12.8 Å². The molecule has 1 aromatic heterocycles. The Kier molecular flexibility index (Phi) is 5.60. The van der Waals surface area contributed by atoms with Crippen LogP contribution in [-0.4, -0.2) is 52.8 Å². The van der Waals surface area contributed by atoms with Crippen molar-refractivity contribution >= 4 is 11.8 Å². The maximum absolute atomic E-state index is 13.0. The van der Waals surface area contributed by atoms with Gasteiger partial charge in [0.2, 0.25) is 11.8 Å². The first-order valence-electron chi connectivity index (χ1n) is 10.2. The Labute approximate surface area is 170 Å². The smallest absolute Gasteiger partial charge is 0.227 e. The number of carbonyl (C=O) groups excluding carboxylic acids is 2. The van der Waals surface area contributed by atoms with Crippen LogP contribution in [0, 0.1) is 11.2 Å². The van der Waals surface area contributed by atoms with Crippen molar-refractivity contribution in [1.82, 2.24) is 14.8 Å². The highest BCUT2D eigenvalue weighted by atomic mass is 19.1. The van der Waals surface area contributed by atoms with Gasteiger partial charge in [0.05, 0.1) is 12.8 Å². The van der Waals surface area contributed by atoms with Crippen LogP contribution in [0.25, 0.3) is 0 Å². The molecule has 2 aliphatic heterocycles. The maximum Gasteiger partial charge on any atom is 0.227 e. The summed E-state index contributed by atoms with van der Waals surface area (Å²) in [5, 5.41) is 0. The van der Waals surface area contributed by atoms with Gasteiger partial charge in [-0.15, -0.1) is 0 Å². The van der Waals surface area contributed by atoms with Crippen molar-refractivity contribution in [2.45, 2.75) is 32.1 Å². The molecule has 5 nitrogen and oxygen atoms in total. The van der Waals surface area contributed by atoms with Gasteiger partial charge in [0.15, 0.2) is 0 Å². The van der Waals surface area contributed by atoms with Crippen LogP contribution in [0.1, 0.15) is 30.4 Å². The van der Waals surface area contributed by atoms with E-state index in [4.69, 9.17) is 0 Å². The minimum Gasteiger partial charge on any atom is -0.342 e. The van der Waals surface area contributed by atoms with Gasteiger partial charge in [-0.05, 0) is 54.0 Å². The molecule has 0 bridgehead atoms. The molecule has 2 amide bonds. The number of carbonyl (C=O) groups is 2. The highest BCUT2D eigenvalue weighted by Crippen LogP contribution is 2.40. The quantitative estimate of drug-likeness (QED) is 0.800. The van der Waals surface area contributed by atoms with E-state index in [1.807, 2.05) is 21.9 Å². The van der Waals surface area contributed by atoms with Crippen LogP contribution in [0.2, 0.25) is 0 Å². The second-order valence-electron chi connectivity index (χ2n) is 8.29. The van der Waals surface area contributed by atoms with Gasteiger partial charge in [0.1, 0.15) is 5.82 Å². The molecule has 2 saturated heterocycles. The molecule has 0 aliphatic carbocycles. The molecule has 1 aromatic carbocycles.